The summed E-state index contributed by atoms with van der Waals surface area (Å²) in [4.78, 5) is 22.1. The Morgan fingerprint density at radius 1 is 1.10 bits per heavy atom. The number of nitrogens with one attached hydrogen (secondary N) is 1. The van der Waals surface area contributed by atoms with Crippen molar-refractivity contribution in [3.63, 3.8) is 0 Å². The van der Waals surface area contributed by atoms with Crippen LogP contribution in [0.3, 0.4) is 0 Å². The Kier molecular flexibility index (Phi) is 7.95. The predicted molar refractivity (Wildman–Crippen MR) is 136 cm³/mol. The molecule has 160 valence electrons. The minimum atomic E-state index is 0. The largest absolute Gasteiger partial charge is 0.351 e. The first-order chi connectivity index (χ1) is 14.0. The number of hydrogen-bond acceptors (Lipinski definition) is 5. The summed E-state index contributed by atoms with van der Waals surface area (Å²) in [6.07, 6.45) is 0. The molecule has 30 heavy (non-hydrogen) atoms. The van der Waals surface area contributed by atoms with Crippen molar-refractivity contribution in [1.29, 1.82) is 0 Å². The van der Waals surface area contributed by atoms with Gasteiger partial charge in [0.2, 0.25) is 0 Å². The Labute approximate surface area is 201 Å². The smallest absolute Gasteiger partial charge is 0.252 e. The molecule has 8 heteroatoms. The minimum Gasteiger partial charge on any atom is -0.351 e. The summed E-state index contributed by atoms with van der Waals surface area (Å²) in [5.41, 5.74) is 4.44. The van der Waals surface area contributed by atoms with Crippen molar-refractivity contribution in [3.05, 3.63) is 56.7 Å². The summed E-state index contributed by atoms with van der Waals surface area (Å²) in [6.45, 7) is 9.77. The van der Waals surface area contributed by atoms with E-state index in [4.69, 9.17) is 4.98 Å². The van der Waals surface area contributed by atoms with Gasteiger partial charge in [0.25, 0.3) is 5.91 Å². The molecule has 2 heterocycles. The summed E-state index contributed by atoms with van der Waals surface area (Å²) >= 11 is 4.01. The lowest BCUT2D eigenvalue weighted by atomic mass is 10.1. The van der Waals surface area contributed by atoms with Crippen molar-refractivity contribution < 1.29 is 4.79 Å². The van der Waals surface area contributed by atoms with Gasteiger partial charge in [0, 0.05) is 42.8 Å². The molecule has 1 aromatic heterocycles. The van der Waals surface area contributed by atoms with Crippen molar-refractivity contribution in [2.45, 2.75) is 13.8 Å². The predicted octanol–water partition coefficient (Wildman–Crippen LogP) is 4.49. The van der Waals surface area contributed by atoms with Gasteiger partial charge < -0.3 is 10.2 Å². The van der Waals surface area contributed by atoms with E-state index in [9.17, 15) is 4.79 Å². The van der Waals surface area contributed by atoms with Crippen LogP contribution in [0.4, 0.5) is 5.13 Å². The Balaban J connectivity index is 0.00000256. The van der Waals surface area contributed by atoms with Crippen molar-refractivity contribution in [3.8, 4) is 0 Å². The molecule has 4 rings (SSSR count). The Hall–Kier alpha value is -1.42. The molecule has 1 N–H and O–H groups in total. The summed E-state index contributed by atoms with van der Waals surface area (Å²) in [7, 11) is 0. The van der Waals surface area contributed by atoms with Crippen LogP contribution < -0.4 is 10.2 Å². The second-order valence-corrected chi connectivity index (χ2v) is 9.58. The molecule has 0 radical (unpaired) electrons. The lowest BCUT2D eigenvalue weighted by Crippen LogP contribution is -2.48. The Morgan fingerprint density at radius 2 is 1.80 bits per heavy atom. The first-order valence-corrected chi connectivity index (χ1v) is 11.8. The van der Waals surface area contributed by atoms with Crippen LogP contribution in [0.2, 0.25) is 0 Å². The highest BCUT2D eigenvalue weighted by atomic mass is 127. The zero-order valence-corrected chi connectivity index (χ0v) is 20.9. The number of amides is 1. The number of fused-ring (bicyclic) bond motifs is 1. The molecule has 0 unspecified atom stereocenters. The van der Waals surface area contributed by atoms with Crippen molar-refractivity contribution >= 4 is 67.6 Å². The van der Waals surface area contributed by atoms with E-state index in [2.05, 4.69) is 63.7 Å². The fourth-order valence-corrected chi connectivity index (χ4v) is 5.41. The topological polar surface area (TPSA) is 48.5 Å². The fourth-order valence-electron chi connectivity index (χ4n) is 3.61. The van der Waals surface area contributed by atoms with Crippen LogP contribution in [0.15, 0.2) is 36.4 Å². The maximum Gasteiger partial charge on any atom is 0.252 e. The first-order valence-electron chi connectivity index (χ1n) is 9.89. The van der Waals surface area contributed by atoms with Crippen LogP contribution in [0, 0.1) is 17.4 Å². The number of anilines is 1. The normalized spacial score (nSPS) is 14.6. The van der Waals surface area contributed by atoms with Gasteiger partial charge in [-0.05, 0) is 59.7 Å². The highest BCUT2D eigenvalue weighted by molar-refractivity contribution is 14.1. The molecule has 2 aromatic carbocycles. The number of benzene rings is 2. The van der Waals surface area contributed by atoms with E-state index in [1.54, 1.807) is 11.3 Å². The standard InChI is InChI=1S/C22H25IN4OS.ClH/c1-15-7-8-16(2)20-19(15)25-22(29-20)27-13-11-26(12-14-27)10-9-24-21(28)17-5-3-4-6-18(17)23;/h3-8H,9-14H2,1-2H3,(H,24,28);1H. The molecule has 0 saturated carbocycles. The van der Waals surface area contributed by atoms with Crippen molar-refractivity contribution in [2.24, 2.45) is 0 Å². The van der Waals surface area contributed by atoms with Crippen LogP contribution in [0.5, 0.6) is 0 Å². The van der Waals surface area contributed by atoms with Gasteiger partial charge in [0.15, 0.2) is 5.13 Å². The number of rotatable bonds is 5. The number of thiazole rings is 1. The number of carbonyl (C=O) groups is 1. The second-order valence-electron chi connectivity index (χ2n) is 7.44. The van der Waals surface area contributed by atoms with E-state index >= 15 is 0 Å². The van der Waals surface area contributed by atoms with E-state index < -0.39 is 0 Å². The van der Waals surface area contributed by atoms with E-state index in [0.717, 1.165) is 52.5 Å². The minimum absolute atomic E-state index is 0. The SMILES string of the molecule is Cc1ccc(C)c2sc(N3CCN(CCNC(=O)c4ccccc4I)CC3)nc12.Cl. The van der Waals surface area contributed by atoms with Gasteiger partial charge in [0.1, 0.15) is 0 Å². The van der Waals surface area contributed by atoms with Gasteiger partial charge in [0.05, 0.1) is 15.8 Å². The van der Waals surface area contributed by atoms with Crippen LogP contribution in [-0.4, -0.2) is 55.1 Å². The van der Waals surface area contributed by atoms with E-state index in [-0.39, 0.29) is 18.3 Å². The molecule has 3 aromatic rings. The lowest BCUT2D eigenvalue weighted by Gasteiger charge is -2.34. The molecule has 1 aliphatic heterocycles. The summed E-state index contributed by atoms with van der Waals surface area (Å²) < 4.78 is 2.29. The summed E-state index contributed by atoms with van der Waals surface area (Å²) in [5.74, 6) is 0.00820. The van der Waals surface area contributed by atoms with Gasteiger partial charge in [-0.3, -0.25) is 9.69 Å². The first kappa shape index (κ1) is 23.2. The highest BCUT2D eigenvalue weighted by Gasteiger charge is 2.20. The second kappa shape index (κ2) is 10.3. The highest BCUT2D eigenvalue weighted by Crippen LogP contribution is 2.33. The Morgan fingerprint density at radius 3 is 2.50 bits per heavy atom. The third kappa shape index (κ3) is 5.07. The number of carbonyl (C=O) groups excluding carboxylic acids is 1. The van der Waals surface area contributed by atoms with Gasteiger partial charge >= 0.3 is 0 Å². The Bertz CT molecular complexity index is 994. The van der Waals surface area contributed by atoms with Crippen molar-refractivity contribution in [1.82, 2.24) is 15.2 Å². The fraction of sp³-hybridized carbons (Fsp3) is 0.364. The quantitative estimate of drug-likeness (QED) is 0.471. The number of nitrogens with zero attached hydrogens (tertiary/aromatic N) is 3. The maximum absolute atomic E-state index is 12.3. The van der Waals surface area contributed by atoms with Gasteiger partial charge in [-0.1, -0.05) is 35.6 Å². The number of aryl methyl sites for hydroxylation is 2. The molecule has 1 fully saturated rings. The van der Waals surface area contributed by atoms with E-state index in [0.29, 0.717) is 6.54 Å². The van der Waals surface area contributed by atoms with Crippen LogP contribution in [-0.2, 0) is 0 Å². The van der Waals surface area contributed by atoms with Crippen LogP contribution in [0.25, 0.3) is 10.2 Å². The number of halogens is 2. The summed E-state index contributed by atoms with van der Waals surface area (Å²) in [5, 5.41) is 4.18. The van der Waals surface area contributed by atoms with Gasteiger partial charge in [-0.2, -0.15) is 0 Å². The molecule has 1 amide bonds. The number of hydrogen-bond donors (Lipinski definition) is 1. The zero-order chi connectivity index (χ0) is 20.4. The molecular weight excluding hydrogens is 531 g/mol. The molecule has 1 aliphatic rings. The van der Waals surface area contributed by atoms with Crippen LogP contribution in [0.1, 0.15) is 21.5 Å². The molecule has 0 bridgehead atoms. The third-order valence-electron chi connectivity index (χ3n) is 5.41. The third-order valence-corrected chi connectivity index (χ3v) is 7.60. The molecular formula is C22H26ClIN4OS. The van der Waals surface area contributed by atoms with Crippen LogP contribution >= 0.6 is 46.3 Å². The lowest BCUT2D eigenvalue weighted by molar-refractivity contribution is 0.0947. The monoisotopic (exact) mass is 556 g/mol. The number of piperazine rings is 1. The molecule has 5 nitrogen and oxygen atoms in total. The van der Waals surface area contributed by atoms with E-state index in [1.807, 2.05) is 24.3 Å². The summed E-state index contributed by atoms with van der Waals surface area (Å²) in [6, 6.07) is 12.0. The van der Waals surface area contributed by atoms with E-state index in [1.165, 1.54) is 15.8 Å². The van der Waals surface area contributed by atoms with Gasteiger partial charge in [-0.25, -0.2) is 4.98 Å². The number of aromatic nitrogens is 1. The average Bonchev–Trinajstić information content (AvgIpc) is 3.18. The van der Waals surface area contributed by atoms with Crippen molar-refractivity contribution in [2.75, 3.05) is 44.2 Å². The van der Waals surface area contributed by atoms with Gasteiger partial charge in [-0.15, -0.1) is 12.4 Å². The average molecular weight is 557 g/mol. The molecule has 0 spiro atoms. The molecule has 0 aliphatic carbocycles. The molecule has 1 saturated heterocycles. The molecule has 0 atom stereocenters. The zero-order valence-electron chi connectivity index (χ0n) is 17.2. The maximum atomic E-state index is 12.3.